The molecule has 0 amide bonds. The van der Waals surface area contributed by atoms with Gasteiger partial charge in [-0.15, -0.1) is 0 Å². The average molecular weight is 254 g/mol. The summed E-state index contributed by atoms with van der Waals surface area (Å²) in [5.74, 6) is -1.74. The van der Waals surface area contributed by atoms with Gasteiger partial charge in [0.15, 0.2) is 11.6 Å². The van der Waals surface area contributed by atoms with E-state index in [0.29, 0.717) is 12.8 Å². The van der Waals surface area contributed by atoms with Gasteiger partial charge in [0.2, 0.25) is 0 Å². The Morgan fingerprint density at radius 2 is 1.78 bits per heavy atom. The first-order valence-electron chi connectivity index (χ1n) is 6.43. The molecule has 1 saturated carbocycles. The quantitative estimate of drug-likeness (QED) is 0.801. The second kappa shape index (κ2) is 4.30. The number of aryl methyl sites for hydroxylation is 1. The predicted octanol–water partition coefficient (Wildman–Crippen LogP) is 4.06. The summed E-state index contributed by atoms with van der Waals surface area (Å²) in [6.07, 6.45) is 2.80. The summed E-state index contributed by atoms with van der Waals surface area (Å²) in [6, 6.07) is 3.06. The largest absolute Gasteiger partial charge is 0.385 e. The van der Waals surface area contributed by atoms with Gasteiger partial charge >= 0.3 is 0 Å². The van der Waals surface area contributed by atoms with Crippen molar-refractivity contribution in [3.63, 3.8) is 0 Å². The van der Waals surface area contributed by atoms with Gasteiger partial charge in [-0.05, 0) is 43.6 Å². The van der Waals surface area contributed by atoms with Crippen LogP contribution < -0.4 is 0 Å². The highest BCUT2D eigenvalue weighted by Gasteiger charge is 2.41. The highest BCUT2D eigenvalue weighted by Crippen LogP contribution is 2.47. The second-order valence-electron chi connectivity index (χ2n) is 6.28. The number of hydrogen-bond donors (Lipinski definition) is 1. The molecule has 1 aromatic rings. The van der Waals surface area contributed by atoms with Gasteiger partial charge in [0.1, 0.15) is 0 Å². The van der Waals surface area contributed by atoms with Gasteiger partial charge in [0, 0.05) is 5.56 Å². The fraction of sp³-hybridized carbons (Fsp3) is 0.600. The molecule has 1 aliphatic rings. The molecule has 0 radical (unpaired) electrons. The minimum atomic E-state index is -1.24. The molecule has 1 N–H and O–H groups in total. The van der Waals surface area contributed by atoms with Gasteiger partial charge in [-0.3, -0.25) is 0 Å². The maximum atomic E-state index is 14.0. The van der Waals surface area contributed by atoms with Crippen LogP contribution in [0.2, 0.25) is 0 Å². The SMILES string of the molecule is Cc1ccc(C2(O)CCCC(C)(C)C2)c(F)c1F. The van der Waals surface area contributed by atoms with E-state index in [9.17, 15) is 13.9 Å². The van der Waals surface area contributed by atoms with Crippen molar-refractivity contribution in [2.45, 2.75) is 52.1 Å². The molecule has 1 aromatic carbocycles. The zero-order valence-corrected chi connectivity index (χ0v) is 11.2. The predicted molar refractivity (Wildman–Crippen MR) is 67.2 cm³/mol. The Kier molecular flexibility index (Phi) is 3.22. The molecule has 18 heavy (non-hydrogen) atoms. The molecule has 1 fully saturated rings. The summed E-state index contributed by atoms with van der Waals surface area (Å²) in [6.45, 7) is 5.64. The zero-order chi connectivity index (χ0) is 13.6. The van der Waals surface area contributed by atoms with Crippen LogP contribution in [-0.2, 0) is 5.60 Å². The summed E-state index contributed by atoms with van der Waals surface area (Å²) >= 11 is 0. The van der Waals surface area contributed by atoms with Gasteiger partial charge in [0.25, 0.3) is 0 Å². The highest BCUT2D eigenvalue weighted by atomic mass is 19.2. The summed E-state index contributed by atoms with van der Waals surface area (Å²) < 4.78 is 27.6. The maximum absolute atomic E-state index is 14.0. The molecule has 0 heterocycles. The minimum absolute atomic E-state index is 0.0409. The fourth-order valence-electron chi connectivity index (χ4n) is 3.06. The van der Waals surface area contributed by atoms with Crippen molar-refractivity contribution in [1.29, 1.82) is 0 Å². The van der Waals surface area contributed by atoms with Crippen LogP contribution in [0.1, 0.15) is 50.7 Å². The average Bonchev–Trinajstić information content (AvgIpc) is 2.23. The van der Waals surface area contributed by atoms with Crippen molar-refractivity contribution < 1.29 is 13.9 Å². The van der Waals surface area contributed by atoms with E-state index in [1.165, 1.54) is 19.1 Å². The Hall–Kier alpha value is -0.960. The summed E-state index contributed by atoms with van der Waals surface area (Å²) in [5, 5.41) is 10.7. The highest BCUT2D eigenvalue weighted by molar-refractivity contribution is 5.30. The molecule has 0 aliphatic heterocycles. The molecule has 0 spiro atoms. The molecule has 1 aliphatic carbocycles. The lowest BCUT2D eigenvalue weighted by Gasteiger charge is -2.42. The molecular weight excluding hydrogens is 234 g/mol. The van der Waals surface area contributed by atoms with Gasteiger partial charge < -0.3 is 5.11 Å². The van der Waals surface area contributed by atoms with Gasteiger partial charge in [-0.1, -0.05) is 26.0 Å². The molecule has 100 valence electrons. The smallest absolute Gasteiger partial charge is 0.165 e. The van der Waals surface area contributed by atoms with E-state index in [2.05, 4.69) is 13.8 Å². The first-order chi connectivity index (χ1) is 8.25. The van der Waals surface area contributed by atoms with Gasteiger partial charge in [-0.25, -0.2) is 8.78 Å². The zero-order valence-electron chi connectivity index (χ0n) is 11.2. The molecule has 1 unspecified atom stereocenters. The Morgan fingerprint density at radius 1 is 1.11 bits per heavy atom. The first kappa shape index (κ1) is 13.5. The third-order valence-corrected chi connectivity index (χ3v) is 3.99. The maximum Gasteiger partial charge on any atom is 0.165 e. The molecule has 1 nitrogen and oxygen atoms in total. The molecule has 0 bridgehead atoms. The van der Waals surface area contributed by atoms with Crippen LogP contribution in [0.4, 0.5) is 8.78 Å². The number of aliphatic hydroxyl groups is 1. The van der Waals surface area contributed by atoms with Crippen LogP contribution in [0, 0.1) is 24.0 Å². The number of hydrogen-bond acceptors (Lipinski definition) is 1. The van der Waals surface area contributed by atoms with E-state index in [0.717, 1.165) is 12.8 Å². The number of halogens is 2. The normalized spacial score (nSPS) is 27.2. The Balaban J connectivity index is 2.44. The van der Waals surface area contributed by atoms with Crippen LogP contribution in [0.3, 0.4) is 0 Å². The number of rotatable bonds is 1. The Morgan fingerprint density at radius 3 is 2.39 bits per heavy atom. The van der Waals surface area contributed by atoms with E-state index >= 15 is 0 Å². The van der Waals surface area contributed by atoms with E-state index in [4.69, 9.17) is 0 Å². The Bertz CT molecular complexity index is 468. The summed E-state index contributed by atoms with van der Waals surface area (Å²) in [4.78, 5) is 0. The van der Waals surface area contributed by atoms with Crippen molar-refractivity contribution in [1.82, 2.24) is 0 Å². The number of benzene rings is 1. The lowest BCUT2D eigenvalue weighted by molar-refractivity contribution is -0.0468. The molecular formula is C15H20F2O. The molecule has 1 atom stereocenters. The van der Waals surface area contributed by atoms with Crippen LogP contribution in [-0.4, -0.2) is 5.11 Å². The summed E-state index contributed by atoms with van der Waals surface area (Å²) in [5.41, 5.74) is -0.894. The molecule has 2 rings (SSSR count). The van der Waals surface area contributed by atoms with Crippen molar-refractivity contribution in [3.8, 4) is 0 Å². The second-order valence-corrected chi connectivity index (χ2v) is 6.28. The van der Waals surface area contributed by atoms with Crippen molar-refractivity contribution >= 4 is 0 Å². The minimum Gasteiger partial charge on any atom is -0.385 e. The third-order valence-electron chi connectivity index (χ3n) is 3.99. The van der Waals surface area contributed by atoms with Crippen molar-refractivity contribution in [2.75, 3.05) is 0 Å². The van der Waals surface area contributed by atoms with Crippen LogP contribution in [0.15, 0.2) is 12.1 Å². The van der Waals surface area contributed by atoms with Gasteiger partial charge in [0.05, 0.1) is 5.60 Å². The van der Waals surface area contributed by atoms with E-state index in [1.807, 2.05) is 0 Å². The van der Waals surface area contributed by atoms with Crippen LogP contribution in [0.25, 0.3) is 0 Å². The Labute approximate surface area is 107 Å². The van der Waals surface area contributed by atoms with Crippen molar-refractivity contribution in [2.24, 2.45) is 5.41 Å². The van der Waals surface area contributed by atoms with Gasteiger partial charge in [-0.2, -0.15) is 0 Å². The third kappa shape index (κ3) is 2.28. The molecule has 0 aromatic heterocycles. The monoisotopic (exact) mass is 254 g/mol. The first-order valence-corrected chi connectivity index (χ1v) is 6.43. The van der Waals surface area contributed by atoms with Crippen LogP contribution >= 0.6 is 0 Å². The standard InChI is InChI=1S/C15H20F2O/c1-10-5-6-11(13(17)12(10)16)15(18)8-4-7-14(2,3)9-15/h5-6,18H,4,7-9H2,1-3H3. The van der Waals surface area contributed by atoms with E-state index in [-0.39, 0.29) is 16.5 Å². The fourth-order valence-corrected chi connectivity index (χ4v) is 3.06. The van der Waals surface area contributed by atoms with E-state index < -0.39 is 17.2 Å². The lowest BCUT2D eigenvalue weighted by atomic mass is 9.67. The van der Waals surface area contributed by atoms with Crippen molar-refractivity contribution in [3.05, 3.63) is 34.9 Å². The topological polar surface area (TPSA) is 20.2 Å². The summed E-state index contributed by atoms with van der Waals surface area (Å²) in [7, 11) is 0. The lowest BCUT2D eigenvalue weighted by Crippen LogP contribution is -2.37. The molecule has 0 saturated heterocycles. The van der Waals surface area contributed by atoms with Crippen LogP contribution in [0.5, 0.6) is 0 Å². The van der Waals surface area contributed by atoms with E-state index in [1.54, 1.807) is 0 Å². The molecule has 3 heteroatoms.